The molecule has 0 amide bonds. The number of hydrogen-bond donors (Lipinski definition) is 2. The first kappa shape index (κ1) is 14.3. The molecule has 0 aliphatic carbocycles. The van der Waals surface area contributed by atoms with Gasteiger partial charge in [-0.05, 0) is 19.9 Å². The zero-order valence-corrected chi connectivity index (χ0v) is 12.3. The molecule has 0 aliphatic rings. The molecule has 0 aliphatic heterocycles. The van der Waals surface area contributed by atoms with E-state index in [1.54, 1.807) is 7.11 Å². The number of nitrogens with zero attached hydrogens (tertiary/aromatic N) is 2. The predicted molar refractivity (Wildman–Crippen MR) is 81.5 cm³/mol. The van der Waals surface area contributed by atoms with Gasteiger partial charge in [-0.15, -0.1) is 0 Å². The normalized spacial score (nSPS) is 10.4. The number of ether oxygens (including phenoxy) is 1. The minimum atomic E-state index is 0.561. The van der Waals surface area contributed by atoms with Gasteiger partial charge in [0, 0.05) is 31.0 Å². The molecule has 2 aromatic rings. The summed E-state index contributed by atoms with van der Waals surface area (Å²) >= 11 is 0. The molecule has 1 heterocycles. The summed E-state index contributed by atoms with van der Waals surface area (Å²) in [5.41, 5.74) is 3.08. The quantitative estimate of drug-likeness (QED) is 0.876. The van der Waals surface area contributed by atoms with Gasteiger partial charge in [0.05, 0.1) is 6.61 Å². The summed E-state index contributed by atoms with van der Waals surface area (Å²) in [6.45, 7) is 4.43. The van der Waals surface area contributed by atoms with Gasteiger partial charge in [0.1, 0.15) is 17.5 Å². The number of benzene rings is 1. The van der Waals surface area contributed by atoms with Crippen LogP contribution in [0.2, 0.25) is 0 Å². The van der Waals surface area contributed by atoms with Crippen LogP contribution in [-0.4, -0.2) is 24.1 Å². The van der Waals surface area contributed by atoms with Gasteiger partial charge >= 0.3 is 0 Å². The third-order valence-corrected chi connectivity index (χ3v) is 3.06. The lowest BCUT2D eigenvalue weighted by Gasteiger charge is -2.15. The lowest BCUT2D eigenvalue weighted by molar-refractivity contribution is 0.185. The van der Waals surface area contributed by atoms with E-state index in [9.17, 15) is 0 Å². The molecule has 5 nitrogen and oxygen atoms in total. The number of methoxy groups -OCH3 is 1. The molecule has 0 atom stereocenters. The number of nitrogens with one attached hydrogen (secondary N) is 2. The molecule has 0 radical (unpaired) electrons. The minimum absolute atomic E-state index is 0.561. The standard InChI is InChI=1S/C15H20N4O/c1-10-14(16-3)17-11(2)18-15(10)19-13-8-6-5-7-12(13)9-20-4/h5-8H,9H2,1-4H3,(H2,16,17,18,19). The molecular weight excluding hydrogens is 252 g/mol. The van der Waals surface area contributed by atoms with Crippen LogP contribution in [0.4, 0.5) is 17.3 Å². The van der Waals surface area contributed by atoms with Crippen molar-refractivity contribution in [1.82, 2.24) is 9.97 Å². The molecular formula is C15H20N4O. The highest BCUT2D eigenvalue weighted by Gasteiger charge is 2.10. The molecule has 1 aromatic carbocycles. The Morgan fingerprint density at radius 1 is 1.10 bits per heavy atom. The van der Waals surface area contributed by atoms with Crippen LogP contribution in [0.25, 0.3) is 0 Å². The Bertz CT molecular complexity index is 598. The molecule has 0 fully saturated rings. The predicted octanol–water partition coefficient (Wildman–Crippen LogP) is 3.03. The topological polar surface area (TPSA) is 59.1 Å². The van der Waals surface area contributed by atoms with E-state index in [-0.39, 0.29) is 0 Å². The van der Waals surface area contributed by atoms with Crippen molar-refractivity contribution in [2.24, 2.45) is 0 Å². The van der Waals surface area contributed by atoms with Gasteiger partial charge in [0.2, 0.25) is 0 Å². The van der Waals surface area contributed by atoms with Gasteiger partial charge in [-0.3, -0.25) is 0 Å². The molecule has 0 saturated heterocycles. The van der Waals surface area contributed by atoms with Gasteiger partial charge in [-0.1, -0.05) is 18.2 Å². The van der Waals surface area contributed by atoms with Crippen LogP contribution in [0.5, 0.6) is 0 Å². The molecule has 0 saturated carbocycles. The molecule has 1 aromatic heterocycles. The van der Waals surface area contributed by atoms with Crippen molar-refractivity contribution >= 4 is 17.3 Å². The van der Waals surface area contributed by atoms with Crippen molar-refractivity contribution in [2.45, 2.75) is 20.5 Å². The highest BCUT2D eigenvalue weighted by atomic mass is 16.5. The summed E-state index contributed by atoms with van der Waals surface area (Å²) in [7, 11) is 3.55. The average Bonchev–Trinajstić information content (AvgIpc) is 2.44. The number of anilines is 3. The number of para-hydroxylation sites is 1. The lowest BCUT2D eigenvalue weighted by Crippen LogP contribution is -2.06. The summed E-state index contributed by atoms with van der Waals surface area (Å²) < 4.78 is 5.22. The fraction of sp³-hybridized carbons (Fsp3) is 0.333. The van der Waals surface area contributed by atoms with E-state index < -0.39 is 0 Å². The van der Waals surface area contributed by atoms with Crippen molar-refractivity contribution < 1.29 is 4.74 Å². The Balaban J connectivity index is 2.37. The number of aromatic nitrogens is 2. The lowest BCUT2D eigenvalue weighted by atomic mass is 10.2. The molecule has 2 N–H and O–H groups in total. The van der Waals surface area contributed by atoms with Crippen molar-refractivity contribution in [3.8, 4) is 0 Å². The monoisotopic (exact) mass is 272 g/mol. The second-order valence-corrected chi connectivity index (χ2v) is 4.56. The van der Waals surface area contributed by atoms with E-state index in [2.05, 4.69) is 20.6 Å². The SMILES string of the molecule is CNc1nc(C)nc(Nc2ccccc2COC)c1C. The van der Waals surface area contributed by atoms with Crippen LogP contribution in [-0.2, 0) is 11.3 Å². The first-order valence-electron chi connectivity index (χ1n) is 6.52. The minimum Gasteiger partial charge on any atom is -0.380 e. The van der Waals surface area contributed by atoms with Crippen LogP contribution in [0.1, 0.15) is 17.0 Å². The third-order valence-electron chi connectivity index (χ3n) is 3.06. The van der Waals surface area contributed by atoms with E-state index in [0.717, 1.165) is 34.3 Å². The van der Waals surface area contributed by atoms with Gasteiger partial charge < -0.3 is 15.4 Å². The zero-order chi connectivity index (χ0) is 14.5. The maximum atomic E-state index is 5.22. The Kier molecular flexibility index (Phi) is 4.53. The van der Waals surface area contributed by atoms with E-state index in [4.69, 9.17) is 4.74 Å². The molecule has 0 bridgehead atoms. The highest BCUT2D eigenvalue weighted by Crippen LogP contribution is 2.25. The van der Waals surface area contributed by atoms with E-state index in [1.807, 2.05) is 45.2 Å². The van der Waals surface area contributed by atoms with Crippen molar-refractivity contribution in [3.63, 3.8) is 0 Å². The number of aryl methyl sites for hydroxylation is 1. The fourth-order valence-electron chi connectivity index (χ4n) is 2.04. The summed E-state index contributed by atoms with van der Waals surface area (Å²) in [6, 6.07) is 8.04. The number of rotatable bonds is 5. The third kappa shape index (κ3) is 3.05. The smallest absolute Gasteiger partial charge is 0.139 e. The van der Waals surface area contributed by atoms with Crippen molar-refractivity contribution in [3.05, 3.63) is 41.2 Å². The first-order valence-corrected chi connectivity index (χ1v) is 6.52. The van der Waals surface area contributed by atoms with Gasteiger partial charge in [-0.2, -0.15) is 0 Å². The Labute approximate surface area is 119 Å². The van der Waals surface area contributed by atoms with Crippen LogP contribution < -0.4 is 10.6 Å². The van der Waals surface area contributed by atoms with Crippen LogP contribution in [0, 0.1) is 13.8 Å². The molecule has 0 spiro atoms. The fourth-order valence-corrected chi connectivity index (χ4v) is 2.04. The summed E-state index contributed by atoms with van der Waals surface area (Å²) in [5.74, 6) is 2.38. The molecule has 20 heavy (non-hydrogen) atoms. The van der Waals surface area contributed by atoms with Crippen LogP contribution in [0.15, 0.2) is 24.3 Å². The zero-order valence-electron chi connectivity index (χ0n) is 12.3. The van der Waals surface area contributed by atoms with E-state index >= 15 is 0 Å². The van der Waals surface area contributed by atoms with Gasteiger partial charge in [0.25, 0.3) is 0 Å². The maximum absolute atomic E-state index is 5.22. The van der Waals surface area contributed by atoms with Gasteiger partial charge in [0.15, 0.2) is 0 Å². The summed E-state index contributed by atoms with van der Waals surface area (Å²) in [5, 5.41) is 6.46. The molecule has 5 heteroatoms. The second-order valence-electron chi connectivity index (χ2n) is 4.56. The Morgan fingerprint density at radius 2 is 1.80 bits per heavy atom. The van der Waals surface area contributed by atoms with Crippen LogP contribution in [0.3, 0.4) is 0 Å². The molecule has 2 rings (SSSR count). The summed E-state index contributed by atoms with van der Waals surface area (Å²) in [4.78, 5) is 8.84. The average molecular weight is 272 g/mol. The largest absolute Gasteiger partial charge is 0.380 e. The molecule has 0 unspecified atom stereocenters. The maximum Gasteiger partial charge on any atom is 0.139 e. The van der Waals surface area contributed by atoms with E-state index in [1.165, 1.54) is 0 Å². The second kappa shape index (κ2) is 6.34. The Hall–Kier alpha value is -2.14. The van der Waals surface area contributed by atoms with Crippen molar-refractivity contribution in [1.29, 1.82) is 0 Å². The van der Waals surface area contributed by atoms with Crippen LogP contribution >= 0.6 is 0 Å². The first-order chi connectivity index (χ1) is 9.65. The molecule has 106 valence electrons. The van der Waals surface area contributed by atoms with E-state index in [0.29, 0.717) is 6.61 Å². The number of hydrogen-bond acceptors (Lipinski definition) is 5. The highest BCUT2D eigenvalue weighted by molar-refractivity contribution is 5.66. The Morgan fingerprint density at radius 3 is 2.50 bits per heavy atom. The van der Waals surface area contributed by atoms with Gasteiger partial charge in [-0.25, -0.2) is 9.97 Å². The van der Waals surface area contributed by atoms with Crippen molar-refractivity contribution in [2.75, 3.05) is 24.8 Å². The summed E-state index contributed by atoms with van der Waals surface area (Å²) in [6.07, 6.45) is 0.